The summed E-state index contributed by atoms with van der Waals surface area (Å²) >= 11 is 0. The van der Waals surface area contributed by atoms with E-state index >= 15 is 0 Å². The van der Waals surface area contributed by atoms with Crippen LogP contribution in [0.2, 0.25) is 0 Å². The van der Waals surface area contributed by atoms with Gasteiger partial charge >= 0.3 is 5.97 Å². The normalized spacial score (nSPS) is 13.9. The van der Waals surface area contributed by atoms with Crippen LogP contribution in [-0.4, -0.2) is 51.6 Å². The molecule has 0 heterocycles. The Labute approximate surface area is 159 Å². The Morgan fingerprint density at radius 1 is 0.926 bits per heavy atom. The number of fused-ring (bicyclic) bond motifs is 3. The molecule has 1 atom stereocenters. The van der Waals surface area contributed by atoms with Crippen LogP contribution in [0.5, 0.6) is 0 Å². The minimum absolute atomic E-state index is 0.0270. The molecule has 2 aromatic rings. The van der Waals surface area contributed by atoms with Gasteiger partial charge in [-0.2, -0.15) is 0 Å². The number of carbonyl (C=O) groups excluding carboxylic acids is 1. The second-order valence-corrected chi connectivity index (χ2v) is 6.44. The van der Waals surface area contributed by atoms with Crippen molar-refractivity contribution in [2.24, 2.45) is 11.5 Å². The zero-order valence-corrected chi connectivity index (χ0v) is 15.3. The first-order valence-corrected chi connectivity index (χ1v) is 9.18. The van der Waals surface area contributed by atoms with Gasteiger partial charge in [-0.3, -0.25) is 4.79 Å². The van der Waals surface area contributed by atoms with Crippen molar-refractivity contribution in [1.29, 1.82) is 0 Å². The molecule has 6 nitrogen and oxygen atoms in total. The fourth-order valence-corrected chi connectivity index (χ4v) is 3.29. The maximum absolute atomic E-state index is 12.2. The maximum Gasteiger partial charge on any atom is 0.325 e. The Hall–Kier alpha value is -2.25. The van der Waals surface area contributed by atoms with Gasteiger partial charge in [-0.05, 0) is 22.3 Å². The third kappa shape index (κ3) is 4.73. The molecule has 0 radical (unpaired) electrons. The highest BCUT2D eigenvalue weighted by Crippen LogP contribution is 2.44. The molecular weight excluding hydrogens is 344 g/mol. The lowest BCUT2D eigenvalue weighted by Gasteiger charge is -2.16. The molecule has 1 aliphatic carbocycles. The first-order chi connectivity index (χ1) is 13.2. The van der Waals surface area contributed by atoms with Gasteiger partial charge in [0.15, 0.2) is 0 Å². The van der Waals surface area contributed by atoms with Gasteiger partial charge < -0.3 is 25.7 Å². The fraction of sp³-hybridized carbons (Fsp3) is 0.381. The van der Waals surface area contributed by atoms with Crippen molar-refractivity contribution in [2.45, 2.75) is 12.0 Å². The second-order valence-electron chi connectivity index (χ2n) is 6.44. The van der Waals surface area contributed by atoms with Gasteiger partial charge in [0.05, 0.1) is 26.4 Å². The van der Waals surface area contributed by atoms with Crippen molar-refractivity contribution in [3.63, 3.8) is 0 Å². The molecule has 144 valence electrons. The number of benzene rings is 2. The van der Waals surface area contributed by atoms with E-state index in [9.17, 15) is 4.79 Å². The SMILES string of the molecule is NCCOCCOCC(N)C(=O)OCC1c2ccccc2-c2ccccc21. The lowest BCUT2D eigenvalue weighted by atomic mass is 9.98. The largest absolute Gasteiger partial charge is 0.463 e. The summed E-state index contributed by atoms with van der Waals surface area (Å²) in [6, 6.07) is 15.6. The highest BCUT2D eigenvalue weighted by atomic mass is 16.5. The molecule has 0 aliphatic heterocycles. The predicted molar refractivity (Wildman–Crippen MR) is 103 cm³/mol. The molecule has 6 heteroatoms. The van der Waals surface area contributed by atoms with Gasteiger partial charge in [0.1, 0.15) is 12.6 Å². The lowest BCUT2D eigenvalue weighted by Crippen LogP contribution is -2.37. The molecule has 0 fully saturated rings. The van der Waals surface area contributed by atoms with Crippen molar-refractivity contribution in [1.82, 2.24) is 0 Å². The quantitative estimate of drug-likeness (QED) is 0.488. The van der Waals surface area contributed by atoms with Crippen LogP contribution in [0.25, 0.3) is 11.1 Å². The van der Waals surface area contributed by atoms with E-state index in [2.05, 4.69) is 24.3 Å². The third-order valence-electron chi connectivity index (χ3n) is 4.59. The van der Waals surface area contributed by atoms with E-state index in [-0.39, 0.29) is 19.1 Å². The van der Waals surface area contributed by atoms with E-state index in [1.807, 2.05) is 24.3 Å². The van der Waals surface area contributed by atoms with Crippen LogP contribution in [0.4, 0.5) is 0 Å². The van der Waals surface area contributed by atoms with Gasteiger partial charge in [-0.25, -0.2) is 0 Å². The number of hydrogen-bond acceptors (Lipinski definition) is 6. The van der Waals surface area contributed by atoms with Crippen molar-refractivity contribution in [3.05, 3.63) is 59.7 Å². The Balaban J connectivity index is 1.52. The molecule has 0 aromatic heterocycles. The van der Waals surface area contributed by atoms with E-state index in [0.717, 1.165) is 0 Å². The highest BCUT2D eigenvalue weighted by Gasteiger charge is 2.29. The first kappa shape index (κ1) is 19.5. The van der Waals surface area contributed by atoms with Crippen LogP contribution >= 0.6 is 0 Å². The minimum atomic E-state index is -0.814. The first-order valence-electron chi connectivity index (χ1n) is 9.18. The second kappa shape index (κ2) is 9.62. The van der Waals surface area contributed by atoms with Crippen molar-refractivity contribution in [2.75, 3.05) is 39.6 Å². The summed E-state index contributed by atoms with van der Waals surface area (Å²) in [5.74, 6) is -0.432. The number of hydrogen-bond donors (Lipinski definition) is 2. The van der Waals surface area contributed by atoms with Crippen LogP contribution in [-0.2, 0) is 19.0 Å². The van der Waals surface area contributed by atoms with Crippen LogP contribution in [0, 0.1) is 0 Å². The summed E-state index contributed by atoms with van der Waals surface area (Å²) in [4.78, 5) is 12.2. The maximum atomic E-state index is 12.2. The monoisotopic (exact) mass is 370 g/mol. The highest BCUT2D eigenvalue weighted by molar-refractivity contribution is 5.79. The molecular formula is C21H26N2O4. The van der Waals surface area contributed by atoms with Gasteiger partial charge in [0, 0.05) is 12.5 Å². The standard InChI is InChI=1S/C21H26N2O4/c22-9-10-25-11-12-26-14-20(23)21(24)27-13-19-17-7-3-1-5-15(17)16-6-2-4-8-18(16)19/h1-8,19-20H,9-14,22-23H2. The van der Waals surface area contributed by atoms with Gasteiger partial charge in [0.2, 0.25) is 0 Å². The Morgan fingerprint density at radius 3 is 2.15 bits per heavy atom. The molecule has 0 saturated carbocycles. The molecule has 2 aromatic carbocycles. The van der Waals surface area contributed by atoms with Crippen molar-refractivity contribution < 1.29 is 19.0 Å². The van der Waals surface area contributed by atoms with E-state index in [0.29, 0.717) is 26.4 Å². The summed E-state index contributed by atoms with van der Waals surface area (Å²) in [6.45, 7) is 2.11. The molecule has 3 rings (SSSR count). The summed E-state index contributed by atoms with van der Waals surface area (Å²) in [7, 11) is 0. The third-order valence-corrected chi connectivity index (χ3v) is 4.59. The van der Waals surface area contributed by atoms with Crippen molar-refractivity contribution >= 4 is 5.97 Å². The average molecular weight is 370 g/mol. The van der Waals surface area contributed by atoms with Gasteiger partial charge in [-0.15, -0.1) is 0 Å². The Bertz CT molecular complexity index is 720. The van der Waals surface area contributed by atoms with Gasteiger partial charge in [0.25, 0.3) is 0 Å². The fourth-order valence-electron chi connectivity index (χ4n) is 3.29. The summed E-state index contributed by atoms with van der Waals surface area (Å²) in [5, 5.41) is 0. The van der Waals surface area contributed by atoms with Crippen LogP contribution in [0.15, 0.2) is 48.5 Å². The molecule has 0 bridgehead atoms. The molecule has 0 spiro atoms. The lowest BCUT2D eigenvalue weighted by molar-refractivity contribution is -0.147. The number of ether oxygens (including phenoxy) is 3. The Morgan fingerprint density at radius 2 is 1.52 bits per heavy atom. The van der Waals surface area contributed by atoms with E-state index in [4.69, 9.17) is 25.7 Å². The average Bonchev–Trinajstić information content (AvgIpc) is 3.02. The van der Waals surface area contributed by atoms with Gasteiger partial charge in [-0.1, -0.05) is 48.5 Å². The number of esters is 1. The molecule has 27 heavy (non-hydrogen) atoms. The summed E-state index contributed by atoms with van der Waals surface area (Å²) in [5.41, 5.74) is 15.9. The van der Waals surface area contributed by atoms with Crippen molar-refractivity contribution in [3.8, 4) is 11.1 Å². The van der Waals surface area contributed by atoms with Crippen LogP contribution in [0.3, 0.4) is 0 Å². The Kier molecular flexibility index (Phi) is 6.95. The number of carbonyl (C=O) groups is 1. The summed E-state index contributed by atoms with van der Waals surface area (Å²) < 4.78 is 16.1. The summed E-state index contributed by atoms with van der Waals surface area (Å²) in [6.07, 6.45) is 0. The topological polar surface area (TPSA) is 96.8 Å². The van der Waals surface area contributed by atoms with E-state index in [1.165, 1.54) is 22.3 Å². The number of nitrogens with two attached hydrogens (primary N) is 2. The van der Waals surface area contributed by atoms with E-state index in [1.54, 1.807) is 0 Å². The predicted octanol–water partition coefficient (Wildman–Crippen LogP) is 1.66. The molecule has 1 aliphatic rings. The zero-order chi connectivity index (χ0) is 19.1. The molecule has 4 N–H and O–H groups in total. The minimum Gasteiger partial charge on any atom is -0.463 e. The molecule has 0 saturated heterocycles. The van der Waals surface area contributed by atoms with Crippen LogP contribution in [0.1, 0.15) is 17.0 Å². The smallest absolute Gasteiger partial charge is 0.325 e. The van der Waals surface area contributed by atoms with E-state index < -0.39 is 12.0 Å². The van der Waals surface area contributed by atoms with Crippen LogP contribution < -0.4 is 11.5 Å². The zero-order valence-electron chi connectivity index (χ0n) is 15.3. The number of rotatable bonds is 10. The molecule has 0 amide bonds. The molecule has 1 unspecified atom stereocenters.